The summed E-state index contributed by atoms with van der Waals surface area (Å²) in [5.41, 5.74) is 2.06. The minimum Gasteiger partial charge on any atom is -0.489 e. The Labute approximate surface area is 135 Å². The molecule has 0 saturated heterocycles. The predicted molar refractivity (Wildman–Crippen MR) is 87.9 cm³/mol. The van der Waals surface area contributed by atoms with E-state index in [2.05, 4.69) is 0 Å². The van der Waals surface area contributed by atoms with Crippen molar-refractivity contribution in [2.24, 2.45) is 0 Å². The van der Waals surface area contributed by atoms with Gasteiger partial charge in [0.15, 0.2) is 0 Å². The lowest BCUT2D eigenvalue weighted by atomic mass is 10.2. The highest BCUT2D eigenvalue weighted by atomic mass is 19.1. The minimum atomic E-state index is -0.242. The van der Waals surface area contributed by atoms with Gasteiger partial charge in [0, 0.05) is 0 Å². The van der Waals surface area contributed by atoms with Crippen molar-refractivity contribution >= 4 is 0 Å². The number of ether oxygens (including phenoxy) is 2. The summed E-state index contributed by atoms with van der Waals surface area (Å²) < 4.78 is 24.2. The maximum Gasteiger partial charge on any atom is 0.123 e. The van der Waals surface area contributed by atoms with E-state index in [-0.39, 0.29) is 5.82 Å². The first-order valence-electron chi connectivity index (χ1n) is 7.44. The standard InChI is InChI=1S/C20H17FO2/c21-18-8-6-17(7-9-18)15-23-20-12-10-19(11-13-20)22-14-16-4-2-1-3-5-16/h1-13H,14-15H2. The third kappa shape index (κ3) is 4.58. The second-order valence-corrected chi connectivity index (χ2v) is 5.16. The van der Waals surface area contributed by atoms with Gasteiger partial charge < -0.3 is 9.47 Å². The van der Waals surface area contributed by atoms with Crippen LogP contribution in [-0.4, -0.2) is 0 Å². The van der Waals surface area contributed by atoms with Crippen LogP contribution in [0.15, 0.2) is 78.9 Å². The van der Waals surface area contributed by atoms with Gasteiger partial charge in [0.05, 0.1) is 0 Å². The summed E-state index contributed by atoms with van der Waals surface area (Å²) in [6.07, 6.45) is 0. The largest absolute Gasteiger partial charge is 0.489 e. The van der Waals surface area contributed by atoms with Gasteiger partial charge in [0.2, 0.25) is 0 Å². The highest BCUT2D eigenvalue weighted by Crippen LogP contribution is 2.19. The molecule has 0 aliphatic heterocycles. The molecule has 3 rings (SSSR count). The Morgan fingerprint density at radius 3 is 1.57 bits per heavy atom. The van der Waals surface area contributed by atoms with Crippen LogP contribution < -0.4 is 9.47 Å². The molecule has 0 saturated carbocycles. The summed E-state index contributed by atoms with van der Waals surface area (Å²) in [5.74, 6) is 1.30. The summed E-state index contributed by atoms with van der Waals surface area (Å²) in [7, 11) is 0. The van der Waals surface area contributed by atoms with Crippen LogP contribution in [0.5, 0.6) is 11.5 Å². The second kappa shape index (κ2) is 7.45. The van der Waals surface area contributed by atoms with E-state index < -0.39 is 0 Å². The number of benzene rings is 3. The van der Waals surface area contributed by atoms with E-state index in [4.69, 9.17) is 9.47 Å². The molecule has 0 heterocycles. The second-order valence-electron chi connectivity index (χ2n) is 5.16. The van der Waals surface area contributed by atoms with E-state index in [0.717, 1.165) is 22.6 Å². The molecule has 0 fully saturated rings. The van der Waals surface area contributed by atoms with Crippen LogP contribution in [0.3, 0.4) is 0 Å². The molecule has 3 aromatic carbocycles. The van der Waals surface area contributed by atoms with Gasteiger partial charge in [0.1, 0.15) is 30.5 Å². The molecule has 3 aromatic rings. The van der Waals surface area contributed by atoms with Crippen molar-refractivity contribution < 1.29 is 13.9 Å². The van der Waals surface area contributed by atoms with Gasteiger partial charge in [-0.25, -0.2) is 4.39 Å². The molecule has 0 aliphatic carbocycles. The van der Waals surface area contributed by atoms with Crippen molar-refractivity contribution in [1.82, 2.24) is 0 Å². The average molecular weight is 308 g/mol. The first-order valence-corrected chi connectivity index (χ1v) is 7.44. The highest BCUT2D eigenvalue weighted by molar-refractivity contribution is 5.32. The molecule has 0 spiro atoms. The lowest BCUT2D eigenvalue weighted by molar-refractivity contribution is 0.297. The minimum absolute atomic E-state index is 0.242. The molecule has 0 N–H and O–H groups in total. The lowest BCUT2D eigenvalue weighted by Crippen LogP contribution is -1.97. The molecular weight excluding hydrogens is 291 g/mol. The van der Waals surface area contributed by atoms with Gasteiger partial charge in [-0.3, -0.25) is 0 Å². The maximum absolute atomic E-state index is 12.8. The summed E-state index contributed by atoms with van der Waals surface area (Å²) in [6.45, 7) is 0.946. The van der Waals surface area contributed by atoms with E-state index in [1.54, 1.807) is 12.1 Å². The number of rotatable bonds is 6. The van der Waals surface area contributed by atoms with Gasteiger partial charge >= 0.3 is 0 Å². The Morgan fingerprint density at radius 1 is 0.565 bits per heavy atom. The van der Waals surface area contributed by atoms with Crippen LogP contribution in [0.25, 0.3) is 0 Å². The zero-order valence-electron chi connectivity index (χ0n) is 12.6. The zero-order valence-corrected chi connectivity index (χ0v) is 12.6. The molecule has 116 valence electrons. The quantitative estimate of drug-likeness (QED) is 0.639. The Kier molecular flexibility index (Phi) is 4.89. The van der Waals surface area contributed by atoms with Crippen molar-refractivity contribution in [2.45, 2.75) is 13.2 Å². The zero-order chi connectivity index (χ0) is 15.9. The fourth-order valence-corrected chi connectivity index (χ4v) is 2.12. The Hall–Kier alpha value is -2.81. The fourth-order valence-electron chi connectivity index (χ4n) is 2.12. The Morgan fingerprint density at radius 2 is 1.04 bits per heavy atom. The van der Waals surface area contributed by atoms with Gasteiger partial charge in [-0.1, -0.05) is 42.5 Å². The van der Waals surface area contributed by atoms with Crippen LogP contribution in [0.4, 0.5) is 4.39 Å². The average Bonchev–Trinajstić information content (AvgIpc) is 2.61. The lowest BCUT2D eigenvalue weighted by Gasteiger charge is -2.09. The molecular formula is C20H17FO2. The molecule has 23 heavy (non-hydrogen) atoms. The first kappa shape index (κ1) is 15.1. The molecule has 0 radical (unpaired) electrons. The molecule has 0 bridgehead atoms. The molecule has 0 atom stereocenters. The first-order chi connectivity index (χ1) is 11.3. The summed E-state index contributed by atoms with van der Waals surface area (Å²) >= 11 is 0. The predicted octanol–water partition coefficient (Wildman–Crippen LogP) is 4.98. The van der Waals surface area contributed by atoms with Gasteiger partial charge in [-0.05, 0) is 47.5 Å². The topological polar surface area (TPSA) is 18.5 Å². The normalized spacial score (nSPS) is 10.3. The Bertz CT molecular complexity index is 722. The van der Waals surface area contributed by atoms with Crippen molar-refractivity contribution in [3.05, 3.63) is 95.8 Å². The van der Waals surface area contributed by atoms with E-state index in [1.807, 2.05) is 54.6 Å². The number of hydrogen-bond donors (Lipinski definition) is 0. The monoisotopic (exact) mass is 308 g/mol. The molecule has 2 nitrogen and oxygen atoms in total. The third-order valence-electron chi connectivity index (χ3n) is 3.39. The molecule has 0 aromatic heterocycles. The van der Waals surface area contributed by atoms with Crippen LogP contribution in [0.1, 0.15) is 11.1 Å². The van der Waals surface area contributed by atoms with Crippen molar-refractivity contribution in [1.29, 1.82) is 0 Å². The van der Waals surface area contributed by atoms with Crippen molar-refractivity contribution in [3.8, 4) is 11.5 Å². The number of halogens is 1. The molecule has 0 aliphatic rings. The summed E-state index contributed by atoms with van der Waals surface area (Å²) in [6, 6.07) is 23.8. The third-order valence-corrected chi connectivity index (χ3v) is 3.39. The summed E-state index contributed by atoms with van der Waals surface area (Å²) in [4.78, 5) is 0. The SMILES string of the molecule is Fc1ccc(COc2ccc(OCc3ccccc3)cc2)cc1. The van der Waals surface area contributed by atoms with E-state index in [0.29, 0.717) is 13.2 Å². The van der Waals surface area contributed by atoms with Crippen LogP contribution in [0.2, 0.25) is 0 Å². The van der Waals surface area contributed by atoms with Crippen LogP contribution in [0, 0.1) is 5.82 Å². The van der Waals surface area contributed by atoms with Crippen molar-refractivity contribution in [3.63, 3.8) is 0 Å². The molecule has 3 heteroatoms. The van der Waals surface area contributed by atoms with E-state index in [9.17, 15) is 4.39 Å². The van der Waals surface area contributed by atoms with E-state index >= 15 is 0 Å². The van der Waals surface area contributed by atoms with E-state index in [1.165, 1.54) is 12.1 Å². The smallest absolute Gasteiger partial charge is 0.123 e. The van der Waals surface area contributed by atoms with Crippen LogP contribution in [-0.2, 0) is 13.2 Å². The van der Waals surface area contributed by atoms with Crippen LogP contribution >= 0.6 is 0 Å². The van der Waals surface area contributed by atoms with Gasteiger partial charge in [-0.2, -0.15) is 0 Å². The highest BCUT2D eigenvalue weighted by Gasteiger charge is 1.99. The van der Waals surface area contributed by atoms with Gasteiger partial charge in [0.25, 0.3) is 0 Å². The molecule has 0 unspecified atom stereocenters. The fraction of sp³-hybridized carbons (Fsp3) is 0.100. The maximum atomic E-state index is 12.8. The summed E-state index contributed by atoms with van der Waals surface area (Å²) in [5, 5.41) is 0. The molecule has 0 amide bonds. The Balaban J connectivity index is 1.51. The van der Waals surface area contributed by atoms with Crippen molar-refractivity contribution in [2.75, 3.05) is 0 Å². The number of hydrogen-bond acceptors (Lipinski definition) is 2. The van der Waals surface area contributed by atoms with Gasteiger partial charge in [-0.15, -0.1) is 0 Å².